The molecule has 0 bridgehead atoms. The van der Waals surface area contributed by atoms with E-state index in [4.69, 9.17) is 9.84 Å². The van der Waals surface area contributed by atoms with E-state index in [1.54, 1.807) is 0 Å². The monoisotopic (exact) mass is 517 g/mol. The lowest BCUT2D eigenvalue weighted by molar-refractivity contribution is -0.893. The fraction of sp³-hybridized carbons (Fsp3) is 0.966. The van der Waals surface area contributed by atoms with E-state index in [-0.39, 0.29) is 25.7 Å². The lowest BCUT2D eigenvalue weighted by atomic mass is 10.0. The minimum atomic E-state index is -0.905. The lowest BCUT2D eigenvalue weighted by Crippen LogP contribution is -2.48. The van der Waals surface area contributed by atoms with E-state index >= 15 is 0 Å². The van der Waals surface area contributed by atoms with Gasteiger partial charge in [0.05, 0.1) is 40.5 Å². The number of carbonyl (C=O) groups excluding carboxylic acids is 1. The topological polar surface area (TPSA) is 99.0 Å². The van der Waals surface area contributed by atoms with Crippen molar-refractivity contribution in [1.82, 2.24) is 5.32 Å². The molecule has 0 radical (unpaired) electrons. The van der Waals surface area contributed by atoms with Gasteiger partial charge in [0.15, 0.2) is 0 Å². The van der Waals surface area contributed by atoms with Crippen molar-refractivity contribution < 1.29 is 29.3 Å². The van der Waals surface area contributed by atoms with Gasteiger partial charge in [-0.2, -0.15) is 0 Å². The summed E-state index contributed by atoms with van der Waals surface area (Å²) in [5, 5.41) is 31.2. The van der Waals surface area contributed by atoms with E-state index in [0.717, 1.165) is 25.8 Å². The van der Waals surface area contributed by atoms with Gasteiger partial charge in [0.2, 0.25) is 5.91 Å². The van der Waals surface area contributed by atoms with Gasteiger partial charge in [-0.25, -0.2) is 0 Å². The first kappa shape index (κ1) is 35.3. The molecule has 0 saturated carbocycles. The second kappa shape index (κ2) is 24.6. The summed E-state index contributed by atoms with van der Waals surface area (Å²) in [6.07, 6.45) is 19.9. The fourth-order valence-electron chi connectivity index (χ4n) is 4.59. The molecule has 4 N–H and O–H groups in total. The molecular formula is C29H61N2O5+. The average molecular weight is 518 g/mol. The molecule has 216 valence electrons. The quantitative estimate of drug-likeness (QED) is 0.0946. The lowest BCUT2D eigenvalue weighted by Gasteiger charge is -2.32. The van der Waals surface area contributed by atoms with E-state index in [0.29, 0.717) is 24.0 Å². The summed E-state index contributed by atoms with van der Waals surface area (Å²) < 4.78 is 5.86. The number of hydrogen-bond acceptors (Lipinski definition) is 5. The van der Waals surface area contributed by atoms with Crippen LogP contribution in [-0.2, 0) is 9.53 Å². The first-order chi connectivity index (χ1) is 17.3. The summed E-state index contributed by atoms with van der Waals surface area (Å²) in [6.45, 7) is 4.12. The number of aliphatic hydroxyl groups excluding tert-OH is 3. The van der Waals surface area contributed by atoms with Crippen molar-refractivity contribution in [2.45, 2.75) is 128 Å². The Kier molecular flexibility index (Phi) is 24.1. The molecule has 0 rings (SSSR count). The molecule has 0 aliphatic heterocycles. The van der Waals surface area contributed by atoms with Gasteiger partial charge >= 0.3 is 0 Å². The molecule has 0 aromatic heterocycles. The summed E-state index contributed by atoms with van der Waals surface area (Å²) in [5.74, 6) is 0.144. The van der Waals surface area contributed by atoms with Crippen molar-refractivity contribution in [3.63, 3.8) is 0 Å². The molecule has 1 amide bonds. The van der Waals surface area contributed by atoms with Gasteiger partial charge in [0.25, 0.3) is 0 Å². The maximum atomic E-state index is 12.1. The number of unbranched alkanes of at least 4 members (excludes halogenated alkanes) is 14. The number of likely N-dealkylation sites (N-methyl/N-ethyl adjacent to an activating group) is 1. The predicted octanol–water partition coefficient (Wildman–Crippen LogP) is 4.56. The fourth-order valence-corrected chi connectivity index (χ4v) is 4.59. The van der Waals surface area contributed by atoms with Crippen LogP contribution in [0.5, 0.6) is 0 Å². The Balaban J connectivity index is 3.50. The molecule has 0 fully saturated rings. The summed E-state index contributed by atoms with van der Waals surface area (Å²) in [6, 6.07) is 0. The number of aliphatic hydroxyl groups is 3. The van der Waals surface area contributed by atoms with E-state index < -0.39 is 12.2 Å². The molecule has 0 heterocycles. The third kappa shape index (κ3) is 24.9. The molecule has 7 heteroatoms. The Morgan fingerprint density at radius 3 is 1.72 bits per heavy atom. The van der Waals surface area contributed by atoms with Crippen molar-refractivity contribution in [3.05, 3.63) is 0 Å². The average Bonchev–Trinajstić information content (AvgIpc) is 2.83. The second-order valence-corrected chi connectivity index (χ2v) is 11.3. The molecule has 0 aromatic rings. The summed E-state index contributed by atoms with van der Waals surface area (Å²) >= 11 is 0. The largest absolute Gasteiger partial charge is 0.394 e. The number of carbonyl (C=O) groups is 1. The first-order valence-corrected chi connectivity index (χ1v) is 14.9. The van der Waals surface area contributed by atoms with Gasteiger partial charge in [0, 0.05) is 19.4 Å². The first-order valence-electron chi connectivity index (χ1n) is 14.9. The van der Waals surface area contributed by atoms with Crippen LogP contribution in [0.25, 0.3) is 0 Å². The van der Waals surface area contributed by atoms with E-state index in [1.807, 2.05) is 14.1 Å². The minimum absolute atomic E-state index is 0.0202. The Labute approximate surface area is 222 Å². The number of hydrogen-bond donors (Lipinski definition) is 4. The Morgan fingerprint density at radius 2 is 1.22 bits per heavy atom. The SMILES string of the molecule is CCCCCCCCCCCCCCCCCC(=O)NCCC[N+](C)(C)CC(O)COCC(O)CO. The maximum absolute atomic E-state index is 12.1. The highest BCUT2D eigenvalue weighted by Crippen LogP contribution is 2.13. The summed E-state index contributed by atoms with van der Waals surface area (Å²) in [5.41, 5.74) is 0. The highest BCUT2D eigenvalue weighted by atomic mass is 16.5. The maximum Gasteiger partial charge on any atom is 0.219 e. The van der Waals surface area contributed by atoms with Crippen molar-refractivity contribution in [2.24, 2.45) is 0 Å². The number of rotatable bonds is 27. The molecular weight excluding hydrogens is 456 g/mol. The van der Waals surface area contributed by atoms with Crippen LogP contribution in [0.3, 0.4) is 0 Å². The van der Waals surface area contributed by atoms with Gasteiger partial charge in [-0.3, -0.25) is 4.79 Å². The van der Waals surface area contributed by atoms with Crippen LogP contribution in [0.15, 0.2) is 0 Å². The normalized spacial score (nSPS) is 13.6. The zero-order valence-corrected chi connectivity index (χ0v) is 24.0. The predicted molar refractivity (Wildman–Crippen MR) is 149 cm³/mol. The third-order valence-corrected chi connectivity index (χ3v) is 6.81. The van der Waals surface area contributed by atoms with Crippen LogP contribution in [0.1, 0.15) is 116 Å². The number of amides is 1. The summed E-state index contributed by atoms with van der Waals surface area (Å²) in [4.78, 5) is 12.1. The molecule has 0 aliphatic rings. The van der Waals surface area contributed by atoms with Gasteiger partial charge in [0.1, 0.15) is 18.8 Å². The van der Waals surface area contributed by atoms with Gasteiger partial charge in [-0.1, -0.05) is 96.8 Å². The highest BCUT2D eigenvalue weighted by Gasteiger charge is 2.20. The molecule has 0 spiro atoms. The zero-order chi connectivity index (χ0) is 26.9. The Hall–Kier alpha value is -0.730. The number of quaternary nitrogens is 1. The van der Waals surface area contributed by atoms with Crippen LogP contribution < -0.4 is 5.32 Å². The van der Waals surface area contributed by atoms with Gasteiger partial charge < -0.3 is 29.9 Å². The highest BCUT2D eigenvalue weighted by molar-refractivity contribution is 5.75. The Morgan fingerprint density at radius 1 is 0.750 bits per heavy atom. The van der Waals surface area contributed by atoms with Gasteiger partial charge in [-0.05, 0) is 6.42 Å². The zero-order valence-electron chi connectivity index (χ0n) is 24.0. The van der Waals surface area contributed by atoms with Crippen LogP contribution in [0, 0.1) is 0 Å². The Bertz CT molecular complexity index is 490. The number of nitrogens with one attached hydrogen (secondary N) is 1. The van der Waals surface area contributed by atoms with Gasteiger partial charge in [-0.15, -0.1) is 0 Å². The van der Waals surface area contributed by atoms with Crippen molar-refractivity contribution in [1.29, 1.82) is 0 Å². The standard InChI is InChI=1S/C29H60N2O5/c1-4-5-6-7-8-9-10-11-12-13-14-15-16-17-18-20-29(35)30-21-19-22-31(2,3)23-27(33)25-36-26-28(34)24-32/h27-28,32-34H,4-26H2,1-3H3/p+1. The smallest absolute Gasteiger partial charge is 0.219 e. The van der Waals surface area contributed by atoms with Crippen molar-refractivity contribution in [2.75, 3.05) is 53.6 Å². The van der Waals surface area contributed by atoms with Crippen molar-refractivity contribution >= 4 is 5.91 Å². The second-order valence-electron chi connectivity index (χ2n) is 11.3. The molecule has 0 aliphatic carbocycles. The third-order valence-electron chi connectivity index (χ3n) is 6.81. The van der Waals surface area contributed by atoms with Crippen LogP contribution >= 0.6 is 0 Å². The molecule has 36 heavy (non-hydrogen) atoms. The van der Waals surface area contributed by atoms with E-state index in [9.17, 15) is 15.0 Å². The molecule has 0 aromatic carbocycles. The number of nitrogens with zero attached hydrogens (tertiary/aromatic N) is 1. The molecule has 2 atom stereocenters. The molecule has 0 saturated heterocycles. The molecule has 7 nitrogen and oxygen atoms in total. The van der Waals surface area contributed by atoms with Crippen LogP contribution in [0.2, 0.25) is 0 Å². The van der Waals surface area contributed by atoms with E-state index in [2.05, 4.69) is 12.2 Å². The minimum Gasteiger partial charge on any atom is -0.394 e. The van der Waals surface area contributed by atoms with Crippen molar-refractivity contribution in [3.8, 4) is 0 Å². The summed E-state index contributed by atoms with van der Waals surface area (Å²) in [7, 11) is 4.09. The van der Waals surface area contributed by atoms with E-state index in [1.165, 1.54) is 83.5 Å². The van der Waals surface area contributed by atoms with Crippen LogP contribution in [0.4, 0.5) is 0 Å². The number of ether oxygens (including phenoxy) is 1. The molecule has 2 unspecified atom stereocenters. The van der Waals surface area contributed by atoms with Crippen LogP contribution in [-0.4, -0.2) is 91.5 Å².